The zero-order valence-electron chi connectivity index (χ0n) is 12.4. The maximum atomic E-state index is 12.5. The monoisotopic (exact) mass is 286 g/mol. The number of rotatable bonds is 3. The largest absolute Gasteiger partial charge is 0.302 e. The molecule has 0 radical (unpaired) electrons. The smallest absolute Gasteiger partial charge is 0.251 e. The summed E-state index contributed by atoms with van der Waals surface area (Å²) in [6, 6.07) is 9.19. The molecule has 2 fully saturated rings. The molecule has 1 N–H and O–H groups in total. The van der Waals surface area contributed by atoms with Crippen molar-refractivity contribution in [2.45, 2.75) is 51.1 Å². The standard InChI is InChI=1S/C17H22N2O2/c1-12-7-5-6-10-14(12)18-15-11-16(20)19(17(15)21)13-8-3-2-4-9-13/h2-4,8-9,12,14-15,18H,5-7,10-11H2,1H3/t12-,14-,15+/m0/s1. The van der Waals surface area contributed by atoms with E-state index in [4.69, 9.17) is 0 Å². The van der Waals surface area contributed by atoms with Crippen LogP contribution >= 0.6 is 0 Å². The van der Waals surface area contributed by atoms with E-state index in [0.717, 1.165) is 6.42 Å². The first kappa shape index (κ1) is 14.3. The SMILES string of the molecule is C[C@H]1CCCC[C@@H]1N[C@@H]1CC(=O)N(c2ccccc2)C1=O. The molecule has 1 aliphatic heterocycles. The Hall–Kier alpha value is -1.68. The Morgan fingerprint density at radius 1 is 1.10 bits per heavy atom. The molecule has 1 heterocycles. The second-order valence-electron chi connectivity index (χ2n) is 6.19. The van der Waals surface area contributed by atoms with Crippen molar-refractivity contribution >= 4 is 17.5 Å². The molecule has 1 saturated heterocycles. The van der Waals surface area contributed by atoms with E-state index >= 15 is 0 Å². The second kappa shape index (κ2) is 5.98. The Bertz CT molecular complexity index is 529. The van der Waals surface area contributed by atoms with Gasteiger partial charge >= 0.3 is 0 Å². The van der Waals surface area contributed by atoms with Crippen LogP contribution in [-0.4, -0.2) is 23.9 Å². The number of nitrogens with zero attached hydrogens (tertiary/aromatic N) is 1. The average molecular weight is 286 g/mol. The molecule has 21 heavy (non-hydrogen) atoms. The second-order valence-corrected chi connectivity index (χ2v) is 6.19. The van der Waals surface area contributed by atoms with Gasteiger partial charge in [-0.25, -0.2) is 4.90 Å². The van der Waals surface area contributed by atoms with Crippen LogP contribution in [0.4, 0.5) is 5.69 Å². The third-order valence-electron chi connectivity index (χ3n) is 4.69. The van der Waals surface area contributed by atoms with E-state index in [1.807, 2.05) is 18.2 Å². The number of para-hydroxylation sites is 1. The van der Waals surface area contributed by atoms with Crippen molar-refractivity contribution in [3.05, 3.63) is 30.3 Å². The first-order valence-electron chi connectivity index (χ1n) is 7.84. The fourth-order valence-electron chi connectivity index (χ4n) is 3.43. The van der Waals surface area contributed by atoms with Crippen molar-refractivity contribution in [2.75, 3.05) is 4.90 Å². The van der Waals surface area contributed by atoms with Crippen molar-refractivity contribution in [1.82, 2.24) is 5.32 Å². The van der Waals surface area contributed by atoms with Crippen LogP contribution < -0.4 is 10.2 Å². The third-order valence-corrected chi connectivity index (χ3v) is 4.69. The van der Waals surface area contributed by atoms with E-state index in [0.29, 0.717) is 17.6 Å². The number of hydrogen-bond donors (Lipinski definition) is 1. The number of hydrogen-bond acceptors (Lipinski definition) is 3. The summed E-state index contributed by atoms with van der Waals surface area (Å²) >= 11 is 0. The van der Waals surface area contributed by atoms with E-state index < -0.39 is 0 Å². The highest BCUT2D eigenvalue weighted by atomic mass is 16.2. The van der Waals surface area contributed by atoms with Crippen molar-refractivity contribution in [1.29, 1.82) is 0 Å². The molecule has 3 atom stereocenters. The van der Waals surface area contributed by atoms with Crippen molar-refractivity contribution in [3.8, 4) is 0 Å². The summed E-state index contributed by atoms with van der Waals surface area (Å²) < 4.78 is 0. The lowest BCUT2D eigenvalue weighted by Crippen LogP contribution is -2.47. The van der Waals surface area contributed by atoms with Gasteiger partial charge in [0.05, 0.1) is 18.2 Å². The van der Waals surface area contributed by atoms with Crippen molar-refractivity contribution in [3.63, 3.8) is 0 Å². The number of imide groups is 1. The quantitative estimate of drug-likeness (QED) is 0.869. The molecule has 2 amide bonds. The first-order chi connectivity index (χ1) is 10.2. The summed E-state index contributed by atoms with van der Waals surface area (Å²) in [5.41, 5.74) is 0.675. The van der Waals surface area contributed by atoms with Crippen LogP contribution in [0.1, 0.15) is 39.0 Å². The normalized spacial score (nSPS) is 30.0. The van der Waals surface area contributed by atoms with Gasteiger partial charge in [-0.1, -0.05) is 38.0 Å². The number of benzene rings is 1. The number of nitrogens with one attached hydrogen (secondary N) is 1. The molecule has 1 aromatic rings. The minimum atomic E-state index is -0.358. The van der Waals surface area contributed by atoms with E-state index in [2.05, 4.69) is 12.2 Å². The number of amides is 2. The summed E-state index contributed by atoms with van der Waals surface area (Å²) in [5, 5.41) is 3.44. The Labute approximate surface area is 125 Å². The third kappa shape index (κ3) is 2.86. The van der Waals surface area contributed by atoms with Gasteiger partial charge in [0.1, 0.15) is 0 Å². The van der Waals surface area contributed by atoms with Gasteiger partial charge < -0.3 is 5.32 Å². The molecule has 3 rings (SSSR count). The molecular formula is C17H22N2O2. The highest BCUT2D eigenvalue weighted by molar-refractivity contribution is 6.22. The van der Waals surface area contributed by atoms with Crippen LogP contribution in [0.15, 0.2) is 30.3 Å². The lowest BCUT2D eigenvalue weighted by molar-refractivity contribution is -0.121. The zero-order chi connectivity index (χ0) is 14.8. The fourth-order valence-corrected chi connectivity index (χ4v) is 3.43. The van der Waals surface area contributed by atoms with Gasteiger partial charge in [0.2, 0.25) is 5.91 Å². The minimum absolute atomic E-state index is 0.104. The molecule has 1 aliphatic carbocycles. The van der Waals surface area contributed by atoms with Crippen LogP contribution in [0.5, 0.6) is 0 Å². The number of carbonyl (C=O) groups excluding carboxylic acids is 2. The molecule has 1 aromatic carbocycles. The van der Waals surface area contributed by atoms with Crippen LogP contribution in [0, 0.1) is 5.92 Å². The molecule has 0 unspecified atom stereocenters. The maximum absolute atomic E-state index is 12.5. The Morgan fingerprint density at radius 2 is 1.81 bits per heavy atom. The van der Waals surface area contributed by atoms with Gasteiger partial charge in [-0.2, -0.15) is 0 Å². The van der Waals surface area contributed by atoms with Gasteiger partial charge in [0, 0.05) is 6.04 Å². The van der Waals surface area contributed by atoms with E-state index in [-0.39, 0.29) is 24.3 Å². The molecule has 4 nitrogen and oxygen atoms in total. The molecule has 112 valence electrons. The van der Waals surface area contributed by atoms with E-state index in [1.54, 1.807) is 12.1 Å². The highest BCUT2D eigenvalue weighted by Crippen LogP contribution is 2.27. The lowest BCUT2D eigenvalue weighted by Gasteiger charge is -2.31. The highest BCUT2D eigenvalue weighted by Gasteiger charge is 2.41. The Kier molecular flexibility index (Phi) is 4.06. The van der Waals surface area contributed by atoms with Gasteiger partial charge in [-0.3, -0.25) is 9.59 Å². The lowest BCUT2D eigenvalue weighted by atomic mass is 9.85. The summed E-state index contributed by atoms with van der Waals surface area (Å²) in [6.45, 7) is 2.23. The summed E-state index contributed by atoms with van der Waals surface area (Å²) in [5.74, 6) is 0.364. The Morgan fingerprint density at radius 3 is 2.52 bits per heavy atom. The molecule has 0 aromatic heterocycles. The number of anilines is 1. The summed E-state index contributed by atoms with van der Waals surface area (Å²) in [4.78, 5) is 26.0. The van der Waals surface area contributed by atoms with Crippen molar-refractivity contribution in [2.24, 2.45) is 5.92 Å². The molecule has 0 bridgehead atoms. The Balaban J connectivity index is 1.71. The van der Waals surface area contributed by atoms with Gasteiger partial charge in [0.15, 0.2) is 0 Å². The summed E-state index contributed by atoms with van der Waals surface area (Å²) in [6.07, 6.45) is 5.06. The van der Waals surface area contributed by atoms with Crippen LogP contribution in [0.3, 0.4) is 0 Å². The molecule has 0 spiro atoms. The van der Waals surface area contributed by atoms with Crippen LogP contribution in [0.2, 0.25) is 0 Å². The van der Waals surface area contributed by atoms with Crippen LogP contribution in [0.25, 0.3) is 0 Å². The predicted molar refractivity (Wildman–Crippen MR) is 81.9 cm³/mol. The van der Waals surface area contributed by atoms with Gasteiger partial charge in [-0.15, -0.1) is 0 Å². The van der Waals surface area contributed by atoms with E-state index in [9.17, 15) is 9.59 Å². The van der Waals surface area contributed by atoms with Crippen molar-refractivity contribution < 1.29 is 9.59 Å². The molecule has 4 heteroatoms. The number of carbonyl (C=O) groups is 2. The molecule has 1 saturated carbocycles. The van der Waals surface area contributed by atoms with Crippen LogP contribution in [-0.2, 0) is 9.59 Å². The fraction of sp³-hybridized carbons (Fsp3) is 0.529. The summed E-state index contributed by atoms with van der Waals surface area (Å²) in [7, 11) is 0. The van der Waals surface area contributed by atoms with Gasteiger partial charge in [0.25, 0.3) is 5.91 Å². The first-order valence-corrected chi connectivity index (χ1v) is 7.84. The average Bonchev–Trinajstić information content (AvgIpc) is 2.77. The maximum Gasteiger partial charge on any atom is 0.251 e. The van der Waals surface area contributed by atoms with E-state index in [1.165, 1.54) is 24.2 Å². The molecular weight excluding hydrogens is 264 g/mol. The zero-order valence-corrected chi connectivity index (χ0v) is 12.4. The topological polar surface area (TPSA) is 49.4 Å². The molecule has 2 aliphatic rings. The van der Waals surface area contributed by atoms with Gasteiger partial charge in [-0.05, 0) is 30.9 Å². The minimum Gasteiger partial charge on any atom is -0.302 e. The predicted octanol–water partition coefficient (Wildman–Crippen LogP) is 2.49.